The van der Waals surface area contributed by atoms with E-state index in [9.17, 15) is 19.0 Å². The van der Waals surface area contributed by atoms with E-state index in [1.54, 1.807) is 20.8 Å². The highest BCUT2D eigenvalue weighted by atomic mass is 35.5. The molecule has 0 radical (unpaired) electrons. The van der Waals surface area contributed by atoms with Crippen LogP contribution in [0.1, 0.15) is 26.3 Å². The fourth-order valence-electron chi connectivity index (χ4n) is 3.81. The number of halogens is 3. The van der Waals surface area contributed by atoms with Gasteiger partial charge in [-0.1, -0.05) is 17.7 Å². The van der Waals surface area contributed by atoms with Gasteiger partial charge in [-0.05, 0) is 32.4 Å². The van der Waals surface area contributed by atoms with Gasteiger partial charge in [-0.3, -0.25) is 5.32 Å². The zero-order chi connectivity index (χ0) is 28.1. The molecule has 0 aliphatic rings. The Balaban J connectivity index is 2.06. The Labute approximate surface area is 227 Å². The monoisotopic (exact) mass is 579 g/mol. The van der Waals surface area contributed by atoms with E-state index < -0.39 is 34.5 Å². The quantitative estimate of drug-likeness (QED) is 0.221. The Morgan fingerprint density at radius 2 is 1.97 bits per heavy atom. The number of anilines is 2. The molecule has 4 aromatic rings. The third-order valence-corrected chi connectivity index (χ3v) is 7.41. The second kappa shape index (κ2) is 10.0. The number of nitrogens with two attached hydrogens (primary N) is 1. The number of carbonyl (C=O) groups excluding carboxylic acids is 1. The Morgan fingerprint density at radius 1 is 1.29 bits per heavy atom. The number of aromatic nitrogens is 2. The van der Waals surface area contributed by atoms with Crippen molar-refractivity contribution in [1.82, 2.24) is 9.97 Å². The first-order valence-electron chi connectivity index (χ1n) is 10.8. The maximum atomic E-state index is 16.2. The predicted molar refractivity (Wildman–Crippen MR) is 143 cm³/mol. The van der Waals surface area contributed by atoms with Crippen LogP contribution in [0, 0.1) is 23.0 Å². The van der Waals surface area contributed by atoms with E-state index in [-0.39, 0.29) is 64.4 Å². The van der Waals surface area contributed by atoms with Crippen LogP contribution in [-0.4, -0.2) is 39.6 Å². The van der Waals surface area contributed by atoms with Crippen LogP contribution >= 0.6 is 22.9 Å². The number of hydrogen-bond acceptors (Lipinski definition) is 9. The number of benzene rings is 2. The lowest BCUT2D eigenvalue weighted by Crippen LogP contribution is -2.27. The average molecular weight is 580 g/mol. The third kappa shape index (κ3) is 4.76. The summed E-state index contributed by atoms with van der Waals surface area (Å²) in [5.74, 6) is -1.95. The molecule has 0 spiro atoms. The van der Waals surface area contributed by atoms with E-state index in [4.69, 9.17) is 26.8 Å². The van der Waals surface area contributed by atoms with Crippen LogP contribution in [-0.2, 0) is 15.9 Å². The van der Waals surface area contributed by atoms with Crippen molar-refractivity contribution >= 4 is 72.0 Å². The van der Waals surface area contributed by atoms with Gasteiger partial charge < -0.3 is 19.8 Å². The molecule has 1 amide bonds. The number of fused-ring (bicyclic) bond motifs is 2. The highest BCUT2D eigenvalue weighted by Crippen LogP contribution is 2.49. The molecule has 38 heavy (non-hydrogen) atoms. The zero-order valence-corrected chi connectivity index (χ0v) is 23.0. The predicted octanol–water partition coefficient (Wildman–Crippen LogP) is 5.99. The number of methoxy groups -OCH3 is 1. The summed E-state index contributed by atoms with van der Waals surface area (Å²) in [6.07, 6.45) is 0.450. The minimum absolute atomic E-state index is 0.00243. The molecule has 14 heteroatoms. The lowest BCUT2D eigenvalue weighted by Gasteiger charge is -2.19. The molecule has 0 aliphatic heterocycles. The van der Waals surface area contributed by atoms with Gasteiger partial charge in [-0.15, -0.1) is 11.3 Å². The van der Waals surface area contributed by atoms with E-state index in [1.165, 1.54) is 19.4 Å². The summed E-state index contributed by atoms with van der Waals surface area (Å²) in [6.45, 7) is 4.98. The number of nitrogen functional groups attached to an aromatic ring is 1. The van der Waals surface area contributed by atoms with E-state index in [2.05, 4.69) is 15.3 Å². The molecule has 2 heterocycles. The minimum atomic E-state index is -1.69. The number of rotatable bonds is 4. The molecule has 0 saturated carbocycles. The molecule has 3 N–H and O–H groups in total. The van der Waals surface area contributed by atoms with Gasteiger partial charge in [0.2, 0.25) is 0 Å². The zero-order valence-electron chi connectivity index (χ0n) is 20.7. The summed E-state index contributed by atoms with van der Waals surface area (Å²) >= 11 is 5.69. The average Bonchev–Trinajstić information content (AvgIpc) is 3.18. The van der Waals surface area contributed by atoms with Gasteiger partial charge in [0, 0.05) is 22.1 Å². The minimum Gasteiger partial charge on any atom is -0.609 e. The van der Waals surface area contributed by atoms with Gasteiger partial charge in [0.25, 0.3) is 0 Å². The maximum Gasteiger partial charge on any atom is 0.412 e. The SMILES string of the molecule is COc1c(Cl)c(-c2ccc(F)c3sc(NC(=O)OC(C)(C)C)c(C#N)c23)c(F)c2nc([S+](C)[O-])nc(N)c12. The normalized spacial score (nSPS) is 12.4. The van der Waals surface area contributed by atoms with Gasteiger partial charge in [-0.2, -0.15) is 15.2 Å². The summed E-state index contributed by atoms with van der Waals surface area (Å²) in [5, 5.41) is 12.0. The number of hydrogen-bond donors (Lipinski definition) is 2. The topological polar surface area (TPSA) is 146 Å². The molecule has 198 valence electrons. The molecule has 0 aliphatic carbocycles. The number of amides is 1. The molecule has 0 fully saturated rings. The molecule has 0 saturated heterocycles. The van der Waals surface area contributed by atoms with Crippen molar-refractivity contribution in [2.75, 3.05) is 24.4 Å². The highest BCUT2D eigenvalue weighted by molar-refractivity contribution is 7.90. The fraction of sp³-hybridized carbons (Fsp3) is 0.250. The summed E-state index contributed by atoms with van der Waals surface area (Å²) in [7, 11) is 1.28. The first-order valence-corrected chi connectivity index (χ1v) is 13.5. The van der Waals surface area contributed by atoms with Crippen molar-refractivity contribution in [2.45, 2.75) is 31.5 Å². The van der Waals surface area contributed by atoms with Gasteiger partial charge in [0.15, 0.2) is 11.6 Å². The molecule has 1 unspecified atom stereocenters. The third-order valence-electron chi connectivity index (χ3n) is 5.24. The molecule has 2 aromatic heterocycles. The molecule has 1 atom stereocenters. The first kappa shape index (κ1) is 27.6. The Morgan fingerprint density at radius 3 is 2.55 bits per heavy atom. The van der Waals surface area contributed by atoms with Crippen molar-refractivity contribution in [3.63, 3.8) is 0 Å². The van der Waals surface area contributed by atoms with Gasteiger partial charge in [-0.25, -0.2) is 13.6 Å². The largest absolute Gasteiger partial charge is 0.609 e. The van der Waals surface area contributed by atoms with Crippen LogP contribution in [0.15, 0.2) is 17.3 Å². The van der Waals surface area contributed by atoms with Crippen molar-refractivity contribution in [3.05, 3.63) is 34.4 Å². The molecule has 0 bridgehead atoms. The second-order valence-corrected chi connectivity index (χ2v) is 11.6. The number of nitrogens with zero attached hydrogens (tertiary/aromatic N) is 3. The summed E-state index contributed by atoms with van der Waals surface area (Å²) in [6, 6.07) is 4.29. The molecular weight excluding hydrogens is 560 g/mol. The summed E-state index contributed by atoms with van der Waals surface area (Å²) < 4.78 is 53.8. The van der Waals surface area contributed by atoms with Crippen LogP contribution in [0.5, 0.6) is 5.75 Å². The van der Waals surface area contributed by atoms with Gasteiger partial charge in [0.05, 0.1) is 27.8 Å². The highest BCUT2D eigenvalue weighted by Gasteiger charge is 2.30. The van der Waals surface area contributed by atoms with E-state index in [0.29, 0.717) is 0 Å². The number of thiophene rings is 1. The standard InChI is InChI=1S/C24H20ClF2N5O4S2/c1-24(2,3)36-23(33)32-21-10(8-28)12-9(6-7-11(26)19(12)37-21)13-15(25)18(35-4)14-17(16(13)27)30-22(38(5)34)31-20(14)29/h6-7H,1-5H3,(H,32,33)(H2,29,30,31). The first-order chi connectivity index (χ1) is 17.8. The molecule has 4 rings (SSSR count). The smallest absolute Gasteiger partial charge is 0.412 e. The Kier molecular flexibility index (Phi) is 7.28. The van der Waals surface area contributed by atoms with Crippen molar-refractivity contribution in [3.8, 4) is 22.9 Å². The summed E-state index contributed by atoms with van der Waals surface area (Å²) in [5.41, 5.74) is 4.51. The maximum absolute atomic E-state index is 16.2. The molecule has 9 nitrogen and oxygen atoms in total. The Bertz CT molecular complexity index is 1660. The fourth-order valence-corrected chi connectivity index (χ4v) is 5.68. The van der Waals surface area contributed by atoms with E-state index in [0.717, 1.165) is 17.4 Å². The van der Waals surface area contributed by atoms with Crippen LogP contribution < -0.4 is 15.8 Å². The van der Waals surface area contributed by atoms with Crippen molar-refractivity contribution < 1.29 is 27.6 Å². The van der Waals surface area contributed by atoms with Crippen molar-refractivity contribution in [1.29, 1.82) is 5.26 Å². The van der Waals surface area contributed by atoms with Crippen LogP contribution in [0.25, 0.3) is 32.1 Å². The van der Waals surface area contributed by atoms with Crippen LogP contribution in [0.3, 0.4) is 0 Å². The van der Waals surface area contributed by atoms with Gasteiger partial charge >= 0.3 is 11.2 Å². The van der Waals surface area contributed by atoms with Crippen molar-refractivity contribution in [2.24, 2.45) is 0 Å². The number of nitriles is 1. The molecule has 2 aromatic carbocycles. The Hall–Kier alpha value is -3.44. The molecular formula is C24H20ClF2N5O4S2. The summed E-state index contributed by atoms with van der Waals surface area (Å²) in [4.78, 5) is 20.4. The lowest BCUT2D eigenvalue weighted by atomic mass is 9.96. The van der Waals surface area contributed by atoms with E-state index >= 15 is 4.39 Å². The van der Waals surface area contributed by atoms with E-state index in [1.807, 2.05) is 6.07 Å². The lowest BCUT2D eigenvalue weighted by molar-refractivity contribution is 0.0636. The number of ether oxygens (including phenoxy) is 2. The number of nitrogens with one attached hydrogen (secondary N) is 1. The van der Waals surface area contributed by atoms with Gasteiger partial charge in [0.1, 0.15) is 40.1 Å². The number of carbonyl (C=O) groups is 1. The second-order valence-electron chi connectivity index (χ2n) is 8.95. The van der Waals surface area contributed by atoms with Crippen LogP contribution in [0.4, 0.5) is 24.4 Å². The van der Waals surface area contributed by atoms with Crippen LogP contribution in [0.2, 0.25) is 5.02 Å².